The lowest BCUT2D eigenvalue weighted by Gasteiger charge is -2.22. The minimum absolute atomic E-state index is 0.213. The fraction of sp³-hybridized carbons (Fsp3) is 0.500. The minimum Gasteiger partial charge on any atom is -0.497 e. The summed E-state index contributed by atoms with van der Waals surface area (Å²) >= 11 is 0. The van der Waals surface area contributed by atoms with Gasteiger partial charge in [0.15, 0.2) is 0 Å². The molecule has 0 bridgehead atoms. The van der Waals surface area contributed by atoms with E-state index in [-0.39, 0.29) is 24.0 Å². The van der Waals surface area contributed by atoms with Crippen LogP contribution >= 0.6 is 0 Å². The lowest BCUT2D eigenvalue weighted by molar-refractivity contribution is 0.214. The maximum Gasteiger partial charge on any atom is 0.321 e. The van der Waals surface area contributed by atoms with Crippen molar-refractivity contribution in [2.24, 2.45) is 7.05 Å². The molecule has 2 heterocycles. The zero-order valence-electron chi connectivity index (χ0n) is 18.5. The molecule has 170 valence electrons. The number of urea groups is 1. The average Bonchev–Trinajstić information content (AvgIpc) is 2.91. The predicted molar refractivity (Wildman–Crippen MR) is 116 cm³/mol. The molecule has 0 spiro atoms. The van der Waals surface area contributed by atoms with Gasteiger partial charge in [-0.3, -0.25) is 4.68 Å². The van der Waals surface area contributed by atoms with Gasteiger partial charge in [-0.2, -0.15) is 9.40 Å². The number of ether oxygens (including phenoxy) is 2. The van der Waals surface area contributed by atoms with Crippen LogP contribution in [0.4, 0.5) is 10.5 Å². The number of carbonyl (C=O) groups is 1. The van der Waals surface area contributed by atoms with Gasteiger partial charge in [-0.15, -0.1) is 0 Å². The highest BCUT2D eigenvalue weighted by atomic mass is 32.2. The highest BCUT2D eigenvalue weighted by Gasteiger charge is 2.32. The van der Waals surface area contributed by atoms with Gasteiger partial charge < -0.3 is 19.7 Å². The summed E-state index contributed by atoms with van der Waals surface area (Å²) in [4.78, 5) is 14.7. The highest BCUT2D eigenvalue weighted by molar-refractivity contribution is 7.89. The Labute approximate surface area is 182 Å². The summed E-state index contributed by atoms with van der Waals surface area (Å²) in [5, 5.41) is 7.07. The maximum atomic E-state index is 13.2. The summed E-state index contributed by atoms with van der Waals surface area (Å²) in [6, 6.07) is 4.81. The predicted octanol–water partition coefficient (Wildman–Crippen LogP) is 1.98. The van der Waals surface area contributed by atoms with E-state index in [0.717, 1.165) is 0 Å². The molecule has 0 atom stereocenters. The van der Waals surface area contributed by atoms with E-state index >= 15 is 0 Å². The van der Waals surface area contributed by atoms with Crippen LogP contribution in [-0.2, 0) is 17.1 Å². The third-order valence-corrected chi connectivity index (χ3v) is 7.54. The van der Waals surface area contributed by atoms with Gasteiger partial charge in [0.2, 0.25) is 10.0 Å². The lowest BCUT2D eigenvalue weighted by atomic mass is 10.2. The zero-order valence-corrected chi connectivity index (χ0v) is 19.3. The van der Waals surface area contributed by atoms with Gasteiger partial charge in [0.25, 0.3) is 0 Å². The Hall–Kier alpha value is -2.79. The van der Waals surface area contributed by atoms with Crippen molar-refractivity contribution in [3.8, 4) is 11.5 Å². The van der Waals surface area contributed by atoms with E-state index in [9.17, 15) is 13.2 Å². The Morgan fingerprint density at radius 1 is 1.03 bits per heavy atom. The quantitative estimate of drug-likeness (QED) is 0.745. The Morgan fingerprint density at radius 2 is 1.68 bits per heavy atom. The summed E-state index contributed by atoms with van der Waals surface area (Å²) in [5.74, 6) is 1.12. The number of hydrogen-bond acceptors (Lipinski definition) is 6. The number of sulfonamides is 1. The first-order valence-corrected chi connectivity index (χ1v) is 11.4. The van der Waals surface area contributed by atoms with Crippen LogP contribution in [0.2, 0.25) is 0 Å². The van der Waals surface area contributed by atoms with Crippen LogP contribution in [0.5, 0.6) is 11.5 Å². The van der Waals surface area contributed by atoms with Gasteiger partial charge in [-0.25, -0.2) is 13.2 Å². The molecule has 1 fully saturated rings. The average molecular weight is 452 g/mol. The molecule has 0 radical (unpaired) electrons. The summed E-state index contributed by atoms with van der Waals surface area (Å²) in [7, 11) is 1.11. The highest BCUT2D eigenvalue weighted by Crippen LogP contribution is 2.27. The molecule has 0 unspecified atom stereocenters. The molecule has 10 nitrogen and oxygen atoms in total. The second-order valence-electron chi connectivity index (χ2n) is 7.40. The van der Waals surface area contributed by atoms with Gasteiger partial charge in [0, 0.05) is 57.1 Å². The number of carbonyl (C=O) groups excluding carboxylic acids is 1. The number of rotatable bonds is 5. The molecule has 0 saturated carbocycles. The van der Waals surface area contributed by atoms with Crippen LogP contribution < -0.4 is 14.8 Å². The first-order valence-electron chi connectivity index (χ1n) is 9.96. The molecular formula is C20H29N5O5S. The van der Waals surface area contributed by atoms with E-state index in [2.05, 4.69) is 10.4 Å². The van der Waals surface area contributed by atoms with Crippen LogP contribution in [0.3, 0.4) is 0 Å². The SMILES string of the molecule is COc1cc(NC(=O)N2CCCN(S(=O)(=O)c3c(C)nn(C)c3C)CC2)cc(OC)c1. The van der Waals surface area contributed by atoms with Crippen LogP contribution in [-0.4, -0.2) is 73.8 Å². The Kier molecular flexibility index (Phi) is 6.75. The Balaban J connectivity index is 1.72. The number of benzene rings is 1. The first-order chi connectivity index (χ1) is 14.7. The number of anilines is 1. The zero-order chi connectivity index (χ0) is 22.8. The summed E-state index contributed by atoms with van der Waals surface area (Å²) in [5.41, 5.74) is 1.62. The summed E-state index contributed by atoms with van der Waals surface area (Å²) < 4.78 is 39.9. The normalized spacial score (nSPS) is 15.5. The van der Waals surface area contributed by atoms with Crippen LogP contribution in [0.1, 0.15) is 17.8 Å². The molecule has 0 aliphatic carbocycles. The number of nitrogens with one attached hydrogen (secondary N) is 1. The van der Waals surface area contributed by atoms with Gasteiger partial charge in [-0.1, -0.05) is 0 Å². The van der Waals surface area contributed by atoms with E-state index in [1.54, 1.807) is 48.7 Å². The second-order valence-corrected chi connectivity index (χ2v) is 9.27. The van der Waals surface area contributed by atoms with Crippen molar-refractivity contribution in [3.05, 3.63) is 29.6 Å². The number of methoxy groups -OCH3 is 2. The van der Waals surface area contributed by atoms with E-state index in [0.29, 0.717) is 48.1 Å². The molecule has 31 heavy (non-hydrogen) atoms. The number of amides is 2. The molecule has 3 rings (SSSR count). The van der Waals surface area contributed by atoms with Gasteiger partial charge in [-0.05, 0) is 20.3 Å². The second kappa shape index (κ2) is 9.15. The van der Waals surface area contributed by atoms with Crippen molar-refractivity contribution in [1.29, 1.82) is 0 Å². The van der Waals surface area contributed by atoms with Crippen LogP contribution in [0.25, 0.3) is 0 Å². The molecule has 1 N–H and O–H groups in total. The van der Waals surface area contributed by atoms with Crippen LogP contribution in [0.15, 0.2) is 23.1 Å². The van der Waals surface area contributed by atoms with Crippen molar-refractivity contribution in [2.75, 3.05) is 45.7 Å². The van der Waals surface area contributed by atoms with Crippen molar-refractivity contribution >= 4 is 21.7 Å². The molecule has 1 aliphatic heterocycles. The molecule has 1 aliphatic rings. The van der Waals surface area contributed by atoms with Crippen molar-refractivity contribution in [1.82, 2.24) is 19.0 Å². The molecule has 1 aromatic carbocycles. The maximum absolute atomic E-state index is 13.2. The van der Waals surface area contributed by atoms with E-state index in [4.69, 9.17) is 9.47 Å². The van der Waals surface area contributed by atoms with Crippen molar-refractivity contribution in [3.63, 3.8) is 0 Å². The van der Waals surface area contributed by atoms with E-state index in [1.165, 1.54) is 18.5 Å². The number of aryl methyl sites for hydroxylation is 2. The van der Waals surface area contributed by atoms with Crippen LogP contribution in [0, 0.1) is 13.8 Å². The molecule has 11 heteroatoms. The largest absolute Gasteiger partial charge is 0.497 e. The minimum atomic E-state index is -3.69. The smallest absolute Gasteiger partial charge is 0.321 e. The summed E-state index contributed by atoms with van der Waals surface area (Å²) in [6.45, 7) is 4.72. The molecule has 2 aromatic rings. The number of hydrogen-bond donors (Lipinski definition) is 1. The van der Waals surface area contributed by atoms with Crippen molar-refractivity contribution in [2.45, 2.75) is 25.2 Å². The lowest BCUT2D eigenvalue weighted by Crippen LogP contribution is -2.39. The first kappa shape index (κ1) is 22.9. The van der Waals surface area contributed by atoms with Gasteiger partial charge >= 0.3 is 6.03 Å². The van der Waals surface area contributed by atoms with E-state index < -0.39 is 10.0 Å². The Bertz CT molecular complexity index is 1040. The molecule has 2 amide bonds. The fourth-order valence-electron chi connectivity index (χ4n) is 3.68. The van der Waals surface area contributed by atoms with Gasteiger partial charge in [0.05, 0.1) is 25.6 Å². The Morgan fingerprint density at radius 3 is 2.23 bits per heavy atom. The molecule has 1 saturated heterocycles. The third-order valence-electron chi connectivity index (χ3n) is 5.39. The molecular weight excluding hydrogens is 422 g/mol. The third kappa shape index (κ3) is 4.77. The van der Waals surface area contributed by atoms with Gasteiger partial charge in [0.1, 0.15) is 16.4 Å². The summed E-state index contributed by atoms with van der Waals surface area (Å²) in [6.07, 6.45) is 0.534. The topological polar surface area (TPSA) is 106 Å². The monoisotopic (exact) mass is 451 g/mol. The number of aromatic nitrogens is 2. The standard InChI is InChI=1S/C20H29N5O5S/c1-14-19(15(2)23(3)22-14)31(27,28)25-8-6-7-24(9-10-25)20(26)21-16-11-17(29-4)13-18(12-16)30-5/h11-13H,6-10H2,1-5H3,(H,21,26). The fourth-order valence-corrected chi connectivity index (χ4v) is 5.55. The number of nitrogens with zero attached hydrogens (tertiary/aromatic N) is 4. The molecule has 1 aromatic heterocycles. The van der Waals surface area contributed by atoms with E-state index in [1.807, 2.05) is 0 Å². The van der Waals surface area contributed by atoms with Crippen molar-refractivity contribution < 1.29 is 22.7 Å².